The van der Waals surface area contributed by atoms with Crippen LogP contribution in [0.5, 0.6) is 0 Å². The third kappa shape index (κ3) is 2.20. The molecule has 1 aliphatic rings. The Kier molecular flexibility index (Phi) is 3.05. The lowest BCUT2D eigenvalue weighted by Crippen LogP contribution is -2.36. The van der Waals surface area contributed by atoms with E-state index in [1.165, 1.54) is 25.7 Å². The first-order valence-electron chi connectivity index (χ1n) is 5.86. The average molecular weight is 209 g/mol. The topological polar surface area (TPSA) is 64.9 Å². The summed E-state index contributed by atoms with van der Waals surface area (Å²) in [5, 5.41) is 3.92. The summed E-state index contributed by atoms with van der Waals surface area (Å²) in [7, 11) is 0. The van der Waals surface area contributed by atoms with Crippen LogP contribution in [0.4, 0.5) is 0 Å². The van der Waals surface area contributed by atoms with Gasteiger partial charge in [0.05, 0.1) is 5.54 Å². The molecule has 1 fully saturated rings. The molecule has 0 aromatic carbocycles. The molecule has 1 aliphatic carbocycles. The fourth-order valence-corrected chi connectivity index (χ4v) is 2.17. The van der Waals surface area contributed by atoms with Gasteiger partial charge >= 0.3 is 0 Å². The predicted molar refractivity (Wildman–Crippen MR) is 57.2 cm³/mol. The van der Waals surface area contributed by atoms with Crippen LogP contribution in [-0.4, -0.2) is 10.1 Å². The van der Waals surface area contributed by atoms with Crippen LogP contribution in [0.3, 0.4) is 0 Å². The summed E-state index contributed by atoms with van der Waals surface area (Å²) in [4.78, 5) is 4.36. The molecule has 1 aromatic heterocycles. The second-order valence-electron chi connectivity index (χ2n) is 4.44. The molecule has 0 amide bonds. The molecule has 0 bridgehead atoms. The minimum absolute atomic E-state index is 0.364. The van der Waals surface area contributed by atoms with Crippen LogP contribution >= 0.6 is 0 Å². The standard InChI is InChI=1S/C11H19N3O/c1-2-9-13-10(15-14-9)11(12)7-5-3-4-6-8-11/h2-8,12H2,1H3. The van der Waals surface area contributed by atoms with Crippen molar-refractivity contribution in [1.29, 1.82) is 0 Å². The molecular formula is C11H19N3O. The third-order valence-electron chi connectivity index (χ3n) is 3.21. The zero-order valence-corrected chi connectivity index (χ0v) is 9.33. The van der Waals surface area contributed by atoms with Gasteiger partial charge in [-0.3, -0.25) is 0 Å². The smallest absolute Gasteiger partial charge is 0.246 e. The van der Waals surface area contributed by atoms with E-state index in [1.807, 2.05) is 6.92 Å². The summed E-state index contributed by atoms with van der Waals surface area (Å²) in [6, 6.07) is 0. The Hall–Kier alpha value is -0.900. The highest BCUT2D eigenvalue weighted by atomic mass is 16.5. The summed E-state index contributed by atoms with van der Waals surface area (Å²) < 4.78 is 5.27. The number of aromatic nitrogens is 2. The van der Waals surface area contributed by atoms with Crippen LogP contribution in [0, 0.1) is 0 Å². The number of hydrogen-bond donors (Lipinski definition) is 1. The van der Waals surface area contributed by atoms with E-state index in [4.69, 9.17) is 10.3 Å². The zero-order valence-electron chi connectivity index (χ0n) is 9.33. The van der Waals surface area contributed by atoms with Gasteiger partial charge in [0.25, 0.3) is 0 Å². The van der Waals surface area contributed by atoms with Crippen molar-refractivity contribution >= 4 is 0 Å². The fraction of sp³-hybridized carbons (Fsp3) is 0.818. The van der Waals surface area contributed by atoms with Crippen molar-refractivity contribution in [1.82, 2.24) is 10.1 Å². The van der Waals surface area contributed by atoms with Gasteiger partial charge < -0.3 is 10.3 Å². The molecule has 2 rings (SSSR count). The highest BCUT2D eigenvalue weighted by Crippen LogP contribution is 2.32. The lowest BCUT2D eigenvalue weighted by molar-refractivity contribution is 0.256. The Morgan fingerprint density at radius 2 is 1.93 bits per heavy atom. The zero-order chi connectivity index (χ0) is 10.7. The minimum atomic E-state index is -0.364. The van der Waals surface area contributed by atoms with Gasteiger partial charge in [0.1, 0.15) is 0 Å². The first-order valence-corrected chi connectivity index (χ1v) is 5.86. The van der Waals surface area contributed by atoms with E-state index < -0.39 is 0 Å². The van der Waals surface area contributed by atoms with Crippen LogP contribution in [0.15, 0.2) is 4.52 Å². The van der Waals surface area contributed by atoms with Gasteiger partial charge in [-0.15, -0.1) is 0 Å². The van der Waals surface area contributed by atoms with Crippen LogP contribution in [0.25, 0.3) is 0 Å². The lowest BCUT2D eigenvalue weighted by atomic mass is 9.91. The first-order chi connectivity index (χ1) is 7.24. The van der Waals surface area contributed by atoms with Crippen LogP contribution in [0.2, 0.25) is 0 Å². The maximum atomic E-state index is 6.35. The van der Waals surface area contributed by atoms with Gasteiger partial charge in [0.15, 0.2) is 5.82 Å². The van der Waals surface area contributed by atoms with Crippen molar-refractivity contribution in [3.63, 3.8) is 0 Å². The van der Waals surface area contributed by atoms with Crippen molar-refractivity contribution < 1.29 is 4.52 Å². The van der Waals surface area contributed by atoms with Gasteiger partial charge in [-0.05, 0) is 12.8 Å². The number of hydrogen-bond acceptors (Lipinski definition) is 4. The maximum Gasteiger partial charge on any atom is 0.246 e. The maximum absolute atomic E-state index is 6.35. The van der Waals surface area contributed by atoms with Crippen molar-refractivity contribution in [2.75, 3.05) is 0 Å². The van der Waals surface area contributed by atoms with E-state index in [1.54, 1.807) is 0 Å². The van der Waals surface area contributed by atoms with Crippen molar-refractivity contribution in [3.05, 3.63) is 11.7 Å². The quantitative estimate of drug-likeness (QED) is 0.758. The molecule has 0 spiro atoms. The molecule has 0 atom stereocenters. The normalized spacial score (nSPS) is 21.2. The Morgan fingerprint density at radius 3 is 2.47 bits per heavy atom. The Bertz CT molecular complexity index is 313. The minimum Gasteiger partial charge on any atom is -0.337 e. The van der Waals surface area contributed by atoms with Gasteiger partial charge in [-0.1, -0.05) is 37.8 Å². The molecule has 0 radical (unpaired) electrons. The summed E-state index contributed by atoms with van der Waals surface area (Å²) >= 11 is 0. The Morgan fingerprint density at radius 1 is 1.27 bits per heavy atom. The van der Waals surface area contributed by atoms with Crippen LogP contribution < -0.4 is 5.73 Å². The first kappa shape index (κ1) is 10.6. The van der Waals surface area contributed by atoms with Gasteiger partial charge in [0.2, 0.25) is 5.89 Å². The molecule has 4 nitrogen and oxygen atoms in total. The van der Waals surface area contributed by atoms with Gasteiger partial charge in [-0.2, -0.15) is 4.98 Å². The summed E-state index contributed by atoms with van der Waals surface area (Å²) in [6.45, 7) is 2.02. The molecule has 0 unspecified atom stereocenters. The molecule has 4 heteroatoms. The summed E-state index contributed by atoms with van der Waals surface area (Å²) in [5.41, 5.74) is 5.99. The average Bonchev–Trinajstić information content (AvgIpc) is 2.63. The van der Waals surface area contributed by atoms with E-state index in [2.05, 4.69) is 10.1 Å². The van der Waals surface area contributed by atoms with Crippen LogP contribution in [0.1, 0.15) is 57.2 Å². The lowest BCUT2D eigenvalue weighted by Gasteiger charge is -2.22. The Labute approximate surface area is 90.2 Å². The highest BCUT2D eigenvalue weighted by Gasteiger charge is 2.33. The largest absolute Gasteiger partial charge is 0.337 e. The summed E-state index contributed by atoms with van der Waals surface area (Å²) in [6.07, 6.45) is 7.62. The van der Waals surface area contributed by atoms with E-state index in [0.717, 1.165) is 25.1 Å². The predicted octanol–water partition coefficient (Wildman–Crippen LogP) is 2.14. The number of aryl methyl sites for hydroxylation is 1. The van der Waals surface area contributed by atoms with E-state index in [0.29, 0.717) is 5.89 Å². The number of rotatable bonds is 2. The molecule has 15 heavy (non-hydrogen) atoms. The molecule has 2 N–H and O–H groups in total. The second kappa shape index (κ2) is 4.31. The third-order valence-corrected chi connectivity index (χ3v) is 3.21. The number of nitrogens with zero attached hydrogens (tertiary/aromatic N) is 2. The SMILES string of the molecule is CCc1noc(C2(N)CCCCCC2)n1. The molecule has 1 aromatic rings. The van der Waals surface area contributed by atoms with E-state index in [9.17, 15) is 0 Å². The van der Waals surface area contributed by atoms with Crippen molar-refractivity contribution in [3.8, 4) is 0 Å². The fourth-order valence-electron chi connectivity index (χ4n) is 2.17. The highest BCUT2D eigenvalue weighted by molar-refractivity contribution is 5.02. The molecule has 1 saturated carbocycles. The monoisotopic (exact) mass is 209 g/mol. The molecule has 0 saturated heterocycles. The molecular weight excluding hydrogens is 190 g/mol. The summed E-state index contributed by atoms with van der Waals surface area (Å²) in [5.74, 6) is 1.40. The van der Waals surface area contributed by atoms with Gasteiger partial charge in [0, 0.05) is 6.42 Å². The number of nitrogens with two attached hydrogens (primary N) is 1. The molecule has 1 heterocycles. The van der Waals surface area contributed by atoms with E-state index >= 15 is 0 Å². The van der Waals surface area contributed by atoms with Crippen molar-refractivity contribution in [2.45, 2.75) is 57.4 Å². The van der Waals surface area contributed by atoms with E-state index in [-0.39, 0.29) is 5.54 Å². The van der Waals surface area contributed by atoms with Crippen LogP contribution in [-0.2, 0) is 12.0 Å². The Balaban J connectivity index is 2.18. The van der Waals surface area contributed by atoms with Gasteiger partial charge in [-0.25, -0.2) is 0 Å². The molecule has 84 valence electrons. The van der Waals surface area contributed by atoms with Crippen molar-refractivity contribution in [2.24, 2.45) is 5.73 Å². The second-order valence-corrected chi connectivity index (χ2v) is 4.44. The molecule has 0 aliphatic heterocycles.